The molecule has 0 aromatic heterocycles. The van der Waals surface area contributed by atoms with E-state index in [4.69, 9.17) is 0 Å². The SMILES string of the molecule is Cc1ccc(OC(F)F)cc1Br. The quantitative estimate of drug-likeness (QED) is 0.766. The fourth-order valence-electron chi connectivity index (χ4n) is 0.750. The van der Waals surface area contributed by atoms with Crippen LogP contribution in [0.3, 0.4) is 0 Å². The van der Waals surface area contributed by atoms with Crippen molar-refractivity contribution in [1.82, 2.24) is 0 Å². The van der Waals surface area contributed by atoms with E-state index in [1.165, 1.54) is 12.1 Å². The van der Waals surface area contributed by atoms with Crippen LogP contribution < -0.4 is 4.74 Å². The standard InChI is InChI=1S/C8H7BrF2O/c1-5-2-3-6(4-7(5)9)12-8(10)11/h2-4,8H,1H3. The van der Waals surface area contributed by atoms with E-state index < -0.39 is 6.61 Å². The Labute approximate surface area is 77.5 Å². The molecule has 12 heavy (non-hydrogen) atoms. The van der Waals surface area contributed by atoms with Gasteiger partial charge in [-0.15, -0.1) is 0 Å². The van der Waals surface area contributed by atoms with Crippen molar-refractivity contribution in [3.05, 3.63) is 28.2 Å². The number of alkyl halides is 2. The second-order valence-corrected chi connectivity index (χ2v) is 3.14. The van der Waals surface area contributed by atoms with Gasteiger partial charge in [-0.05, 0) is 24.6 Å². The van der Waals surface area contributed by atoms with E-state index >= 15 is 0 Å². The van der Waals surface area contributed by atoms with E-state index in [0.717, 1.165) is 10.0 Å². The van der Waals surface area contributed by atoms with Gasteiger partial charge in [-0.3, -0.25) is 0 Å². The van der Waals surface area contributed by atoms with Crippen molar-refractivity contribution in [2.75, 3.05) is 0 Å². The Kier molecular flexibility index (Phi) is 3.03. The molecule has 0 N–H and O–H groups in total. The summed E-state index contributed by atoms with van der Waals surface area (Å²) >= 11 is 3.21. The number of benzene rings is 1. The highest BCUT2D eigenvalue weighted by Gasteiger charge is 2.04. The van der Waals surface area contributed by atoms with E-state index in [0.29, 0.717) is 0 Å². The predicted octanol–water partition coefficient (Wildman–Crippen LogP) is 3.36. The van der Waals surface area contributed by atoms with Gasteiger partial charge >= 0.3 is 6.61 Å². The zero-order valence-corrected chi connectivity index (χ0v) is 7.94. The minimum Gasteiger partial charge on any atom is -0.435 e. The van der Waals surface area contributed by atoms with Crippen molar-refractivity contribution >= 4 is 15.9 Å². The highest BCUT2D eigenvalue weighted by atomic mass is 79.9. The molecule has 1 aromatic carbocycles. The molecule has 0 aliphatic carbocycles. The van der Waals surface area contributed by atoms with Gasteiger partial charge in [0.2, 0.25) is 0 Å². The van der Waals surface area contributed by atoms with Gasteiger partial charge in [0.25, 0.3) is 0 Å². The lowest BCUT2D eigenvalue weighted by atomic mass is 10.2. The first-order valence-corrected chi connectivity index (χ1v) is 4.10. The van der Waals surface area contributed by atoms with E-state index in [9.17, 15) is 8.78 Å². The molecule has 66 valence electrons. The smallest absolute Gasteiger partial charge is 0.387 e. The summed E-state index contributed by atoms with van der Waals surface area (Å²) in [7, 11) is 0. The van der Waals surface area contributed by atoms with Crippen LogP contribution in [0.15, 0.2) is 22.7 Å². The lowest BCUT2D eigenvalue weighted by molar-refractivity contribution is -0.0498. The first-order chi connectivity index (χ1) is 5.59. The van der Waals surface area contributed by atoms with Crippen LogP contribution in [0, 0.1) is 6.92 Å². The number of rotatable bonds is 2. The number of ether oxygens (including phenoxy) is 1. The third-order valence-electron chi connectivity index (χ3n) is 1.37. The first-order valence-electron chi connectivity index (χ1n) is 3.30. The Hall–Kier alpha value is -0.640. The normalized spacial score (nSPS) is 10.4. The summed E-state index contributed by atoms with van der Waals surface area (Å²) in [6, 6.07) is 4.73. The summed E-state index contributed by atoms with van der Waals surface area (Å²) in [5.74, 6) is 0.169. The topological polar surface area (TPSA) is 9.23 Å². The van der Waals surface area contributed by atoms with Crippen molar-refractivity contribution in [2.24, 2.45) is 0 Å². The summed E-state index contributed by atoms with van der Waals surface area (Å²) in [5, 5.41) is 0. The third kappa shape index (κ3) is 2.44. The Morgan fingerprint density at radius 2 is 2.08 bits per heavy atom. The number of halogens is 3. The van der Waals surface area contributed by atoms with Gasteiger partial charge in [-0.1, -0.05) is 22.0 Å². The average Bonchev–Trinajstić information content (AvgIpc) is 1.96. The van der Waals surface area contributed by atoms with Crippen LogP contribution in [0.2, 0.25) is 0 Å². The maximum atomic E-state index is 11.7. The molecule has 1 rings (SSSR count). The molecule has 0 spiro atoms. The highest BCUT2D eigenvalue weighted by molar-refractivity contribution is 9.10. The molecule has 0 bridgehead atoms. The molecule has 0 radical (unpaired) electrons. The van der Waals surface area contributed by atoms with Crippen molar-refractivity contribution in [3.63, 3.8) is 0 Å². The van der Waals surface area contributed by atoms with Gasteiger partial charge in [0.15, 0.2) is 0 Å². The van der Waals surface area contributed by atoms with Crippen molar-refractivity contribution in [3.8, 4) is 5.75 Å². The summed E-state index contributed by atoms with van der Waals surface area (Å²) in [6.07, 6.45) is 0. The molecular formula is C8H7BrF2O. The number of hydrogen-bond acceptors (Lipinski definition) is 1. The zero-order chi connectivity index (χ0) is 9.14. The van der Waals surface area contributed by atoms with Gasteiger partial charge in [0, 0.05) is 4.47 Å². The molecule has 1 aromatic rings. The van der Waals surface area contributed by atoms with E-state index in [1.54, 1.807) is 6.07 Å². The van der Waals surface area contributed by atoms with Crippen molar-refractivity contribution in [1.29, 1.82) is 0 Å². The summed E-state index contributed by atoms with van der Waals surface area (Å²) in [5.41, 5.74) is 0.983. The fourth-order valence-corrected chi connectivity index (χ4v) is 1.11. The molecule has 0 saturated heterocycles. The lowest BCUT2D eigenvalue weighted by Crippen LogP contribution is -2.01. The second-order valence-electron chi connectivity index (χ2n) is 2.29. The minimum absolute atomic E-state index is 0.169. The third-order valence-corrected chi connectivity index (χ3v) is 2.22. The Morgan fingerprint density at radius 1 is 1.42 bits per heavy atom. The molecule has 1 nitrogen and oxygen atoms in total. The Bertz CT molecular complexity index is 276. The number of aryl methyl sites for hydroxylation is 1. The van der Waals surface area contributed by atoms with Crippen LogP contribution in [0.1, 0.15) is 5.56 Å². The molecule has 0 aliphatic heterocycles. The monoisotopic (exact) mass is 236 g/mol. The van der Waals surface area contributed by atoms with Crippen LogP contribution in [0.25, 0.3) is 0 Å². The summed E-state index contributed by atoms with van der Waals surface area (Å²) in [6.45, 7) is -0.893. The highest BCUT2D eigenvalue weighted by Crippen LogP contribution is 2.23. The average molecular weight is 237 g/mol. The van der Waals surface area contributed by atoms with E-state index in [-0.39, 0.29) is 5.75 Å². The van der Waals surface area contributed by atoms with Gasteiger partial charge in [0.1, 0.15) is 5.75 Å². The van der Waals surface area contributed by atoms with Crippen LogP contribution in [-0.4, -0.2) is 6.61 Å². The van der Waals surface area contributed by atoms with Crippen LogP contribution >= 0.6 is 15.9 Å². The van der Waals surface area contributed by atoms with E-state index in [2.05, 4.69) is 20.7 Å². The largest absolute Gasteiger partial charge is 0.435 e. The molecule has 0 heterocycles. The van der Waals surface area contributed by atoms with Crippen molar-refractivity contribution < 1.29 is 13.5 Å². The van der Waals surface area contributed by atoms with Gasteiger partial charge < -0.3 is 4.74 Å². The maximum absolute atomic E-state index is 11.7. The van der Waals surface area contributed by atoms with E-state index in [1.807, 2.05) is 6.92 Å². The van der Waals surface area contributed by atoms with Crippen LogP contribution in [-0.2, 0) is 0 Å². The minimum atomic E-state index is -2.76. The molecule has 0 amide bonds. The summed E-state index contributed by atoms with van der Waals surface area (Å²) in [4.78, 5) is 0. The van der Waals surface area contributed by atoms with Gasteiger partial charge in [0.05, 0.1) is 0 Å². The second kappa shape index (κ2) is 3.85. The predicted molar refractivity (Wildman–Crippen MR) is 45.5 cm³/mol. The maximum Gasteiger partial charge on any atom is 0.387 e. The lowest BCUT2D eigenvalue weighted by Gasteiger charge is -2.05. The summed E-state index contributed by atoms with van der Waals surface area (Å²) < 4.78 is 28.4. The molecule has 0 saturated carbocycles. The Morgan fingerprint density at radius 3 is 2.58 bits per heavy atom. The fraction of sp³-hybridized carbons (Fsp3) is 0.250. The number of hydrogen-bond donors (Lipinski definition) is 0. The van der Waals surface area contributed by atoms with Gasteiger partial charge in [-0.25, -0.2) is 0 Å². The molecule has 0 aliphatic rings. The molecule has 0 fully saturated rings. The Balaban J connectivity index is 2.82. The molecule has 4 heteroatoms. The van der Waals surface area contributed by atoms with Crippen molar-refractivity contribution in [2.45, 2.75) is 13.5 Å². The van der Waals surface area contributed by atoms with Crippen LogP contribution in [0.4, 0.5) is 8.78 Å². The zero-order valence-electron chi connectivity index (χ0n) is 6.35. The van der Waals surface area contributed by atoms with Crippen LogP contribution in [0.5, 0.6) is 5.75 Å². The molecular weight excluding hydrogens is 230 g/mol. The molecule has 0 atom stereocenters. The first kappa shape index (κ1) is 9.45. The van der Waals surface area contributed by atoms with Gasteiger partial charge in [-0.2, -0.15) is 8.78 Å². The molecule has 0 unspecified atom stereocenters.